The van der Waals surface area contributed by atoms with Gasteiger partial charge in [0.2, 0.25) is 23.3 Å². The predicted octanol–water partition coefficient (Wildman–Crippen LogP) is 0.324. The van der Waals surface area contributed by atoms with E-state index in [4.69, 9.17) is 10.5 Å². The first-order valence-corrected chi connectivity index (χ1v) is 10.1. The number of aromatic nitrogens is 1. The molecule has 1 aliphatic carbocycles. The van der Waals surface area contributed by atoms with E-state index in [0.717, 1.165) is 23.3 Å². The molecule has 0 bridgehead atoms. The molecule has 11 heteroatoms. The number of ether oxygens (including phenoxy) is 1. The van der Waals surface area contributed by atoms with Crippen molar-refractivity contribution in [3.63, 3.8) is 0 Å². The number of hydrogen-bond acceptors (Lipinski definition) is 6. The van der Waals surface area contributed by atoms with Crippen LogP contribution >= 0.6 is 0 Å². The molecule has 2 aliphatic heterocycles. The number of amides is 4. The first-order valence-electron chi connectivity index (χ1n) is 10.1. The molecule has 3 heterocycles. The van der Waals surface area contributed by atoms with Crippen LogP contribution in [0.4, 0.5) is 10.5 Å². The third-order valence-corrected chi connectivity index (χ3v) is 6.19. The number of nitrogens with zero attached hydrogens (tertiary/aromatic N) is 3. The molecule has 3 aliphatic rings. The molecule has 1 aromatic rings. The van der Waals surface area contributed by atoms with Gasteiger partial charge in [0, 0.05) is 19.7 Å². The second kappa shape index (κ2) is 7.40. The molecule has 3 atom stereocenters. The van der Waals surface area contributed by atoms with Crippen LogP contribution in [-0.4, -0.2) is 75.0 Å². The molecule has 31 heavy (non-hydrogen) atoms. The number of nitrogens with one attached hydrogen (secondary N) is 1. The number of carbonyl (C=O) groups excluding carboxylic acids is 3. The van der Waals surface area contributed by atoms with Crippen LogP contribution in [0.5, 0.6) is 5.88 Å². The number of nitrogens with two attached hydrogens (primary N) is 1. The fraction of sp³-hybridized carbons (Fsp3) is 0.550. The van der Waals surface area contributed by atoms with Gasteiger partial charge in [0.15, 0.2) is 0 Å². The monoisotopic (exact) mass is 431 g/mol. The number of rotatable bonds is 5. The van der Waals surface area contributed by atoms with Crippen molar-refractivity contribution in [2.75, 3.05) is 18.9 Å². The second-order valence-corrected chi connectivity index (χ2v) is 8.59. The molecule has 4 N–H and O–H groups in total. The van der Waals surface area contributed by atoms with Crippen molar-refractivity contribution in [1.29, 1.82) is 0 Å². The molecule has 1 saturated heterocycles. The average molecular weight is 431 g/mol. The average Bonchev–Trinajstić information content (AvgIpc) is 3.45. The van der Waals surface area contributed by atoms with Crippen molar-refractivity contribution in [1.82, 2.24) is 14.8 Å². The van der Waals surface area contributed by atoms with E-state index in [1.807, 2.05) is 6.92 Å². The minimum absolute atomic E-state index is 0.137. The Kier molecular flexibility index (Phi) is 4.98. The van der Waals surface area contributed by atoms with Gasteiger partial charge in [0.05, 0.1) is 6.54 Å². The Hall–Kier alpha value is -3.37. The van der Waals surface area contributed by atoms with Gasteiger partial charge in [-0.05, 0) is 30.9 Å². The zero-order valence-corrected chi connectivity index (χ0v) is 17.3. The van der Waals surface area contributed by atoms with Crippen molar-refractivity contribution in [3.8, 4) is 5.88 Å². The molecule has 1 spiro atoms. The zero-order chi connectivity index (χ0) is 22.5. The van der Waals surface area contributed by atoms with Crippen molar-refractivity contribution in [3.05, 3.63) is 17.8 Å². The quantitative estimate of drug-likeness (QED) is 0.606. The van der Waals surface area contributed by atoms with Crippen LogP contribution in [0.15, 0.2) is 12.3 Å². The summed E-state index contributed by atoms with van der Waals surface area (Å²) in [6, 6.07) is -0.361. The standard InChI is InChI=1S/C20H25N5O6/c1-10-5-12-16(22-8-10)31-20(18(28)23-12)7-14(15(21)26)25(9-20)17(27)13(6-11-3-4-11)24(2)19(29)30/h5,8,11,13-14H,3-4,6-7,9H2,1-2H3,(H2,21,26)(H,23,28)(H,29,30)/t13?,14-,20?/m0/s1. The van der Waals surface area contributed by atoms with Gasteiger partial charge in [-0.15, -0.1) is 0 Å². The van der Waals surface area contributed by atoms with Gasteiger partial charge in [0.1, 0.15) is 17.8 Å². The van der Waals surface area contributed by atoms with Crippen molar-refractivity contribution in [2.45, 2.75) is 50.3 Å². The number of hydrogen-bond donors (Lipinski definition) is 3. The summed E-state index contributed by atoms with van der Waals surface area (Å²) < 4.78 is 5.93. The summed E-state index contributed by atoms with van der Waals surface area (Å²) in [6.45, 7) is 1.59. The van der Waals surface area contributed by atoms with Gasteiger partial charge in [-0.3, -0.25) is 19.3 Å². The summed E-state index contributed by atoms with van der Waals surface area (Å²) in [5.74, 6) is -1.39. The molecule has 0 aromatic carbocycles. The summed E-state index contributed by atoms with van der Waals surface area (Å²) >= 11 is 0. The van der Waals surface area contributed by atoms with Crippen LogP contribution < -0.4 is 15.8 Å². The third kappa shape index (κ3) is 3.75. The first-order chi connectivity index (χ1) is 14.6. The zero-order valence-electron chi connectivity index (χ0n) is 17.3. The van der Waals surface area contributed by atoms with Gasteiger partial charge in [-0.2, -0.15) is 0 Å². The number of likely N-dealkylation sites (tertiary alicyclic amines) is 1. The van der Waals surface area contributed by atoms with Crippen LogP contribution in [0.3, 0.4) is 0 Å². The topological polar surface area (TPSA) is 155 Å². The Morgan fingerprint density at radius 1 is 1.45 bits per heavy atom. The first kappa shape index (κ1) is 20.9. The maximum Gasteiger partial charge on any atom is 0.407 e. The smallest absolute Gasteiger partial charge is 0.407 e. The fourth-order valence-corrected chi connectivity index (χ4v) is 4.21. The van der Waals surface area contributed by atoms with E-state index in [1.54, 1.807) is 12.3 Å². The number of likely N-dealkylation sites (N-methyl/N-ethyl adjacent to an activating group) is 1. The summed E-state index contributed by atoms with van der Waals surface area (Å²) in [5, 5.41) is 12.2. The molecule has 11 nitrogen and oxygen atoms in total. The number of aryl methyl sites for hydroxylation is 1. The maximum absolute atomic E-state index is 13.4. The lowest BCUT2D eigenvalue weighted by molar-refractivity contribution is -0.142. The number of carboxylic acid groups (broad SMARTS) is 1. The van der Waals surface area contributed by atoms with Gasteiger partial charge >= 0.3 is 6.09 Å². The Labute approximate surface area is 178 Å². The van der Waals surface area contributed by atoms with Gasteiger partial charge in [0.25, 0.3) is 5.91 Å². The molecular formula is C20H25N5O6. The Morgan fingerprint density at radius 3 is 2.77 bits per heavy atom. The molecule has 2 fully saturated rings. The molecule has 1 aromatic heterocycles. The highest BCUT2D eigenvalue weighted by molar-refractivity contribution is 6.03. The van der Waals surface area contributed by atoms with E-state index in [0.29, 0.717) is 12.1 Å². The highest BCUT2D eigenvalue weighted by Gasteiger charge is 2.58. The van der Waals surface area contributed by atoms with E-state index in [1.165, 1.54) is 11.9 Å². The normalized spacial score (nSPS) is 25.4. The highest BCUT2D eigenvalue weighted by atomic mass is 16.5. The fourth-order valence-electron chi connectivity index (χ4n) is 4.21. The predicted molar refractivity (Wildman–Crippen MR) is 107 cm³/mol. The molecule has 4 rings (SSSR count). The number of carbonyl (C=O) groups is 4. The van der Waals surface area contributed by atoms with E-state index in [-0.39, 0.29) is 24.8 Å². The Morgan fingerprint density at radius 2 is 2.16 bits per heavy atom. The van der Waals surface area contributed by atoms with Crippen molar-refractivity contribution in [2.24, 2.45) is 11.7 Å². The number of fused-ring (bicyclic) bond motifs is 1. The SMILES string of the molecule is Cc1cnc2c(c1)NC(=O)C1(C[C@@H](C(N)=O)N(C(=O)C(CC3CC3)N(C)C(=O)O)C1)O2. The van der Waals surface area contributed by atoms with Crippen molar-refractivity contribution < 1.29 is 29.0 Å². The van der Waals surface area contributed by atoms with E-state index >= 15 is 0 Å². The molecular weight excluding hydrogens is 406 g/mol. The Bertz CT molecular complexity index is 963. The lowest BCUT2D eigenvalue weighted by Crippen LogP contribution is -2.55. The number of primary amides is 1. The second-order valence-electron chi connectivity index (χ2n) is 8.59. The van der Waals surface area contributed by atoms with Gasteiger partial charge in [-0.25, -0.2) is 9.78 Å². The van der Waals surface area contributed by atoms with Gasteiger partial charge < -0.3 is 25.8 Å². The number of pyridine rings is 1. The molecule has 4 amide bonds. The minimum atomic E-state index is -1.53. The number of anilines is 1. The van der Waals surface area contributed by atoms with E-state index in [2.05, 4.69) is 10.3 Å². The van der Waals surface area contributed by atoms with E-state index in [9.17, 15) is 24.3 Å². The summed E-state index contributed by atoms with van der Waals surface area (Å²) in [7, 11) is 1.32. The van der Waals surface area contributed by atoms with Crippen molar-refractivity contribution >= 4 is 29.5 Å². The van der Waals surface area contributed by atoms with Gasteiger partial charge in [-0.1, -0.05) is 12.8 Å². The van der Waals surface area contributed by atoms with Crippen LogP contribution in [0.1, 0.15) is 31.2 Å². The summed E-state index contributed by atoms with van der Waals surface area (Å²) in [5.41, 5.74) is 5.27. The van der Waals surface area contributed by atoms with Crippen LogP contribution in [-0.2, 0) is 14.4 Å². The largest absolute Gasteiger partial charge is 0.465 e. The summed E-state index contributed by atoms with van der Waals surface area (Å²) in [4.78, 5) is 56.5. The lowest BCUT2D eigenvalue weighted by atomic mass is 9.97. The van der Waals surface area contributed by atoms with E-state index < -0.39 is 41.5 Å². The van der Waals surface area contributed by atoms with Crippen LogP contribution in [0, 0.1) is 12.8 Å². The molecule has 1 saturated carbocycles. The highest BCUT2D eigenvalue weighted by Crippen LogP contribution is 2.41. The Balaban J connectivity index is 1.64. The molecule has 0 radical (unpaired) electrons. The minimum Gasteiger partial charge on any atom is -0.465 e. The maximum atomic E-state index is 13.4. The van der Waals surface area contributed by atoms with Crippen LogP contribution in [0.25, 0.3) is 0 Å². The lowest BCUT2D eigenvalue weighted by Gasteiger charge is -2.34. The third-order valence-electron chi connectivity index (χ3n) is 6.19. The summed E-state index contributed by atoms with van der Waals surface area (Å²) in [6.07, 6.45) is 2.40. The molecule has 2 unspecified atom stereocenters. The van der Waals surface area contributed by atoms with Crippen LogP contribution in [0.2, 0.25) is 0 Å². The molecule has 166 valence electrons.